The van der Waals surface area contributed by atoms with Crippen molar-refractivity contribution in [3.63, 3.8) is 0 Å². The Labute approximate surface area is 117 Å². The van der Waals surface area contributed by atoms with Crippen LogP contribution in [-0.2, 0) is 9.53 Å². The van der Waals surface area contributed by atoms with Gasteiger partial charge in [-0.15, -0.1) is 0 Å². The third-order valence-corrected chi connectivity index (χ3v) is 3.77. The Balaban J connectivity index is 2.70. The lowest BCUT2D eigenvalue weighted by atomic mass is 9.68. The normalized spacial score (nSPS) is 22.4. The first-order valence-electron chi connectivity index (χ1n) is 6.99. The van der Waals surface area contributed by atoms with Crippen molar-refractivity contribution in [2.75, 3.05) is 0 Å². The Morgan fingerprint density at radius 3 is 2.68 bits per heavy atom. The second-order valence-electron chi connectivity index (χ2n) is 6.35. The van der Waals surface area contributed by atoms with Crippen LogP contribution >= 0.6 is 0 Å². The molecule has 0 N–H and O–H groups in total. The molecule has 0 saturated heterocycles. The smallest absolute Gasteiger partial charge is 0.313 e. The van der Waals surface area contributed by atoms with Crippen molar-refractivity contribution in [2.24, 2.45) is 17.3 Å². The third-order valence-electron chi connectivity index (χ3n) is 3.77. The maximum Gasteiger partial charge on any atom is 0.313 e. The number of allylic oxidation sites excluding steroid dienone is 4. The summed E-state index contributed by atoms with van der Waals surface area (Å²) in [7, 11) is 0. The van der Waals surface area contributed by atoms with Crippen LogP contribution < -0.4 is 0 Å². The largest absolute Gasteiger partial charge is 0.427 e. The van der Waals surface area contributed by atoms with Gasteiger partial charge in [0.25, 0.3) is 0 Å². The Morgan fingerprint density at radius 1 is 1.53 bits per heavy atom. The molecule has 0 aromatic carbocycles. The van der Waals surface area contributed by atoms with Gasteiger partial charge >= 0.3 is 5.97 Å². The molecule has 0 aromatic heterocycles. The van der Waals surface area contributed by atoms with E-state index in [0.717, 1.165) is 6.42 Å². The first kappa shape index (κ1) is 15.7. The minimum atomic E-state index is -0.232. The van der Waals surface area contributed by atoms with Crippen LogP contribution in [0.4, 0.5) is 0 Å². The molecule has 0 bridgehead atoms. The van der Waals surface area contributed by atoms with E-state index in [1.165, 1.54) is 12.0 Å². The van der Waals surface area contributed by atoms with Gasteiger partial charge in [0.15, 0.2) is 0 Å². The lowest BCUT2D eigenvalue weighted by Gasteiger charge is -2.36. The summed E-state index contributed by atoms with van der Waals surface area (Å²) < 4.78 is 5.17. The Morgan fingerprint density at radius 2 is 2.16 bits per heavy atom. The minimum Gasteiger partial charge on any atom is -0.427 e. The van der Waals surface area contributed by atoms with Crippen LogP contribution in [0.25, 0.3) is 0 Å². The molecule has 2 heteroatoms. The molecule has 0 radical (unpaired) electrons. The van der Waals surface area contributed by atoms with E-state index in [9.17, 15) is 4.79 Å². The number of ether oxygens (including phenoxy) is 1. The number of carbonyl (C=O) groups is 1. The maximum absolute atomic E-state index is 11.5. The molecule has 1 atom stereocenters. The zero-order valence-electron chi connectivity index (χ0n) is 12.8. The van der Waals surface area contributed by atoms with Gasteiger partial charge in [-0.1, -0.05) is 52.0 Å². The monoisotopic (exact) mass is 262 g/mol. The highest BCUT2D eigenvalue weighted by Gasteiger charge is 2.30. The molecule has 0 aliphatic heterocycles. The second-order valence-corrected chi connectivity index (χ2v) is 6.35. The van der Waals surface area contributed by atoms with E-state index in [0.29, 0.717) is 11.7 Å². The van der Waals surface area contributed by atoms with Gasteiger partial charge in [-0.3, -0.25) is 4.79 Å². The molecule has 2 nitrogen and oxygen atoms in total. The first-order valence-corrected chi connectivity index (χ1v) is 6.99. The van der Waals surface area contributed by atoms with Crippen LogP contribution in [0.2, 0.25) is 0 Å². The Hall–Kier alpha value is -1.31. The van der Waals surface area contributed by atoms with E-state index < -0.39 is 0 Å². The molecule has 0 aromatic rings. The molecule has 1 rings (SSSR count). The van der Waals surface area contributed by atoms with Crippen molar-refractivity contribution in [2.45, 2.75) is 47.5 Å². The van der Waals surface area contributed by atoms with Gasteiger partial charge in [0, 0.05) is 5.92 Å². The molecule has 0 spiro atoms. The molecule has 0 heterocycles. The highest BCUT2D eigenvalue weighted by atomic mass is 16.5. The second kappa shape index (κ2) is 6.23. The van der Waals surface area contributed by atoms with Gasteiger partial charge in [-0.05, 0) is 31.3 Å². The fourth-order valence-electron chi connectivity index (χ4n) is 2.47. The third kappa shape index (κ3) is 4.38. The molecule has 0 amide bonds. The minimum absolute atomic E-state index is 0.127. The van der Waals surface area contributed by atoms with Crippen LogP contribution in [0.15, 0.2) is 36.1 Å². The molecule has 106 valence electrons. The van der Waals surface area contributed by atoms with Crippen molar-refractivity contribution in [3.8, 4) is 0 Å². The van der Waals surface area contributed by atoms with Gasteiger partial charge in [0.1, 0.15) is 5.76 Å². The first-order chi connectivity index (χ1) is 8.74. The van der Waals surface area contributed by atoms with Gasteiger partial charge < -0.3 is 4.74 Å². The van der Waals surface area contributed by atoms with Gasteiger partial charge in [0.2, 0.25) is 0 Å². The SMILES string of the molecule is C=C(/C=C/C1C(C)=CCCC1(C)C)OC(=O)C(C)C. The average molecular weight is 262 g/mol. The molecular formula is C17H26O2. The molecular weight excluding hydrogens is 236 g/mol. The van der Waals surface area contributed by atoms with Crippen LogP contribution in [0.3, 0.4) is 0 Å². The molecule has 0 fully saturated rings. The van der Waals surface area contributed by atoms with Crippen LogP contribution in [0.1, 0.15) is 47.5 Å². The van der Waals surface area contributed by atoms with E-state index in [1.54, 1.807) is 0 Å². The van der Waals surface area contributed by atoms with Crippen molar-refractivity contribution < 1.29 is 9.53 Å². The quantitative estimate of drug-likeness (QED) is 0.319. The van der Waals surface area contributed by atoms with Crippen molar-refractivity contribution >= 4 is 5.97 Å². The van der Waals surface area contributed by atoms with E-state index in [-0.39, 0.29) is 17.3 Å². The number of rotatable bonds is 4. The molecule has 19 heavy (non-hydrogen) atoms. The maximum atomic E-state index is 11.5. The highest BCUT2D eigenvalue weighted by Crippen LogP contribution is 2.41. The number of hydrogen-bond acceptors (Lipinski definition) is 2. The summed E-state index contributed by atoms with van der Waals surface area (Å²) in [5.41, 5.74) is 1.63. The fourth-order valence-corrected chi connectivity index (χ4v) is 2.47. The predicted molar refractivity (Wildman–Crippen MR) is 79.5 cm³/mol. The average Bonchev–Trinajstić information content (AvgIpc) is 2.27. The van der Waals surface area contributed by atoms with E-state index in [2.05, 4.69) is 39.5 Å². The van der Waals surface area contributed by atoms with E-state index in [1.807, 2.05) is 19.9 Å². The lowest BCUT2D eigenvalue weighted by Crippen LogP contribution is -2.26. The summed E-state index contributed by atoms with van der Waals surface area (Å²) >= 11 is 0. The molecule has 0 saturated carbocycles. The fraction of sp³-hybridized carbons (Fsp3) is 0.588. The zero-order chi connectivity index (χ0) is 14.6. The van der Waals surface area contributed by atoms with Crippen LogP contribution in [0.5, 0.6) is 0 Å². The summed E-state index contributed by atoms with van der Waals surface area (Å²) in [6.45, 7) is 14.1. The van der Waals surface area contributed by atoms with E-state index in [4.69, 9.17) is 4.74 Å². The predicted octanol–water partition coefficient (Wildman–Crippen LogP) is 4.64. The summed E-state index contributed by atoms with van der Waals surface area (Å²) in [5, 5.41) is 0. The summed E-state index contributed by atoms with van der Waals surface area (Å²) in [4.78, 5) is 11.5. The lowest BCUT2D eigenvalue weighted by molar-refractivity contribution is -0.142. The molecule has 1 aliphatic carbocycles. The number of esters is 1. The van der Waals surface area contributed by atoms with Crippen LogP contribution in [-0.4, -0.2) is 5.97 Å². The Bertz CT molecular complexity index is 411. The van der Waals surface area contributed by atoms with E-state index >= 15 is 0 Å². The number of carbonyl (C=O) groups excluding carboxylic acids is 1. The number of hydrogen-bond donors (Lipinski definition) is 0. The summed E-state index contributed by atoms with van der Waals surface area (Å²) in [6.07, 6.45) is 8.56. The van der Waals surface area contributed by atoms with Crippen LogP contribution in [0, 0.1) is 17.3 Å². The standard InChI is InChI=1S/C17H26O2/c1-12(2)16(18)19-14(4)9-10-15-13(3)8-7-11-17(15,5)6/h8-10,12,15H,4,7,11H2,1-3,5-6H3/b10-9+. The highest BCUT2D eigenvalue weighted by molar-refractivity contribution is 5.72. The zero-order valence-corrected chi connectivity index (χ0v) is 12.8. The topological polar surface area (TPSA) is 26.3 Å². The van der Waals surface area contributed by atoms with Gasteiger partial charge in [0.05, 0.1) is 5.92 Å². The van der Waals surface area contributed by atoms with Crippen molar-refractivity contribution in [1.82, 2.24) is 0 Å². The van der Waals surface area contributed by atoms with Gasteiger partial charge in [-0.2, -0.15) is 0 Å². The molecule has 1 aliphatic rings. The summed E-state index contributed by atoms with van der Waals surface area (Å²) in [5.74, 6) is 0.450. The summed E-state index contributed by atoms with van der Waals surface area (Å²) in [6, 6.07) is 0. The van der Waals surface area contributed by atoms with Gasteiger partial charge in [-0.25, -0.2) is 0 Å². The Kier molecular flexibility index (Phi) is 5.16. The molecule has 1 unspecified atom stereocenters. The van der Waals surface area contributed by atoms with Crippen molar-refractivity contribution in [1.29, 1.82) is 0 Å². The van der Waals surface area contributed by atoms with Crippen molar-refractivity contribution in [3.05, 3.63) is 36.1 Å².